The van der Waals surface area contributed by atoms with Gasteiger partial charge in [0.1, 0.15) is 5.60 Å². The van der Waals surface area contributed by atoms with Gasteiger partial charge in [-0.1, -0.05) is 0 Å². The number of ketones is 1. The van der Waals surface area contributed by atoms with Crippen LogP contribution in [0.3, 0.4) is 0 Å². The maximum atomic E-state index is 12.5. The third kappa shape index (κ3) is 2.57. The number of pyridine rings is 1. The first-order valence-corrected chi connectivity index (χ1v) is 4.42. The second kappa shape index (κ2) is 3.86. The molecule has 0 radical (unpaired) electrons. The maximum absolute atomic E-state index is 12.5. The number of carbonyl (C=O) groups is 1. The van der Waals surface area contributed by atoms with E-state index in [4.69, 9.17) is 0 Å². The van der Waals surface area contributed by atoms with Crippen molar-refractivity contribution >= 4 is 5.78 Å². The van der Waals surface area contributed by atoms with Gasteiger partial charge in [0.15, 0.2) is 5.78 Å². The van der Waals surface area contributed by atoms with E-state index in [1.165, 1.54) is 0 Å². The van der Waals surface area contributed by atoms with Crippen LogP contribution in [-0.4, -0.2) is 21.5 Å². The topological polar surface area (TPSA) is 50.2 Å². The third-order valence-corrected chi connectivity index (χ3v) is 1.93. The van der Waals surface area contributed by atoms with Crippen LogP contribution in [0.5, 0.6) is 0 Å². The fraction of sp³-hybridized carbons (Fsp3) is 0.400. The molecule has 0 spiro atoms. The highest BCUT2D eigenvalue weighted by Gasteiger charge is 2.38. The van der Waals surface area contributed by atoms with Crippen LogP contribution in [-0.2, 0) is 6.18 Å². The Morgan fingerprint density at radius 1 is 1.38 bits per heavy atom. The summed E-state index contributed by atoms with van der Waals surface area (Å²) < 4.78 is 37.6. The molecule has 0 aliphatic carbocycles. The van der Waals surface area contributed by atoms with Crippen molar-refractivity contribution in [3.8, 4) is 0 Å². The Kier molecular flexibility index (Phi) is 3.05. The first kappa shape index (κ1) is 12.6. The number of halogens is 3. The summed E-state index contributed by atoms with van der Waals surface area (Å²) >= 11 is 0. The van der Waals surface area contributed by atoms with Gasteiger partial charge in [0, 0.05) is 12.4 Å². The van der Waals surface area contributed by atoms with Crippen LogP contribution >= 0.6 is 0 Å². The minimum absolute atomic E-state index is 0.623. The zero-order valence-electron chi connectivity index (χ0n) is 8.67. The Hall–Kier alpha value is -1.43. The van der Waals surface area contributed by atoms with E-state index in [0.717, 1.165) is 26.2 Å². The predicted octanol–water partition coefficient (Wildman–Crippen LogP) is 2.05. The number of nitrogens with zero attached hydrogens (tertiary/aromatic N) is 1. The molecule has 88 valence electrons. The van der Waals surface area contributed by atoms with Crippen LogP contribution < -0.4 is 0 Å². The average Bonchev–Trinajstić information content (AvgIpc) is 2.14. The van der Waals surface area contributed by atoms with Crippen molar-refractivity contribution in [2.75, 3.05) is 0 Å². The van der Waals surface area contributed by atoms with Crippen LogP contribution in [0.4, 0.5) is 13.2 Å². The molecule has 1 heterocycles. The molecule has 1 aromatic heterocycles. The summed E-state index contributed by atoms with van der Waals surface area (Å²) in [6, 6.07) is 0.707. The molecule has 3 nitrogen and oxygen atoms in total. The molecule has 1 N–H and O–H groups in total. The van der Waals surface area contributed by atoms with Crippen molar-refractivity contribution in [3.05, 3.63) is 29.6 Å². The molecule has 0 bridgehead atoms. The fourth-order valence-corrected chi connectivity index (χ4v) is 1.15. The van der Waals surface area contributed by atoms with Crippen LogP contribution in [0.1, 0.15) is 29.8 Å². The van der Waals surface area contributed by atoms with Gasteiger partial charge < -0.3 is 5.11 Å². The number of aromatic nitrogens is 1. The summed E-state index contributed by atoms with van der Waals surface area (Å²) in [7, 11) is 0. The van der Waals surface area contributed by atoms with Crippen LogP contribution in [0, 0.1) is 0 Å². The summed E-state index contributed by atoms with van der Waals surface area (Å²) in [5.74, 6) is -1.01. The molecule has 0 saturated heterocycles. The van der Waals surface area contributed by atoms with Gasteiger partial charge >= 0.3 is 6.18 Å². The Morgan fingerprint density at radius 2 is 1.94 bits per heavy atom. The number of alkyl halides is 3. The van der Waals surface area contributed by atoms with Crippen molar-refractivity contribution < 1.29 is 23.1 Å². The Balaban J connectivity index is 3.31. The summed E-state index contributed by atoms with van der Waals surface area (Å²) in [6.45, 7) is 2.25. The van der Waals surface area contributed by atoms with Gasteiger partial charge in [-0.15, -0.1) is 0 Å². The zero-order valence-corrected chi connectivity index (χ0v) is 8.67. The lowest BCUT2D eigenvalue weighted by molar-refractivity contribution is -0.138. The van der Waals surface area contributed by atoms with Gasteiger partial charge in [-0.05, 0) is 19.9 Å². The van der Waals surface area contributed by atoms with Gasteiger partial charge in [0.2, 0.25) is 0 Å². The average molecular weight is 233 g/mol. The normalized spacial score (nSPS) is 12.6. The van der Waals surface area contributed by atoms with Gasteiger partial charge in [-0.3, -0.25) is 9.78 Å². The Bertz CT molecular complexity index is 407. The molecule has 1 rings (SSSR count). The minimum atomic E-state index is -4.64. The lowest BCUT2D eigenvalue weighted by Crippen LogP contribution is -2.33. The molecule has 0 aliphatic heterocycles. The Labute approximate surface area is 89.9 Å². The van der Waals surface area contributed by atoms with Crippen molar-refractivity contribution in [1.82, 2.24) is 4.98 Å². The van der Waals surface area contributed by atoms with Gasteiger partial charge in [-0.25, -0.2) is 0 Å². The van der Waals surface area contributed by atoms with Gasteiger partial charge in [0.25, 0.3) is 0 Å². The molecule has 6 heteroatoms. The van der Waals surface area contributed by atoms with Gasteiger partial charge in [-0.2, -0.15) is 13.2 Å². The third-order valence-electron chi connectivity index (χ3n) is 1.93. The molecule has 0 aromatic carbocycles. The number of hydrogen-bond acceptors (Lipinski definition) is 3. The highest BCUT2D eigenvalue weighted by molar-refractivity contribution is 6.02. The summed E-state index contributed by atoms with van der Waals surface area (Å²) in [6.07, 6.45) is -2.88. The van der Waals surface area contributed by atoms with Gasteiger partial charge in [0.05, 0.1) is 11.1 Å². The SMILES string of the molecule is CC(C)(O)C(=O)c1cnccc1C(F)(F)F. The second-order valence-corrected chi connectivity index (χ2v) is 3.81. The van der Waals surface area contributed by atoms with E-state index in [9.17, 15) is 23.1 Å². The standard InChI is InChI=1S/C10H10F3NO2/c1-9(2,16)8(15)6-5-14-4-3-7(6)10(11,12)13/h3-5,16H,1-2H3. The smallest absolute Gasteiger partial charge is 0.382 e. The molecule has 0 unspecified atom stereocenters. The molecule has 0 atom stereocenters. The number of hydrogen-bond donors (Lipinski definition) is 1. The molecule has 0 amide bonds. The lowest BCUT2D eigenvalue weighted by atomic mass is 9.94. The molecule has 0 aliphatic rings. The molecule has 0 fully saturated rings. The highest BCUT2D eigenvalue weighted by Crippen LogP contribution is 2.32. The van der Waals surface area contributed by atoms with Crippen LogP contribution in [0.15, 0.2) is 18.5 Å². The Morgan fingerprint density at radius 3 is 2.38 bits per heavy atom. The fourth-order valence-electron chi connectivity index (χ4n) is 1.15. The van der Waals surface area contributed by atoms with E-state index in [0.29, 0.717) is 6.07 Å². The molecular formula is C10H10F3NO2. The summed E-state index contributed by atoms with van der Waals surface area (Å²) in [5.41, 5.74) is -3.57. The predicted molar refractivity (Wildman–Crippen MR) is 49.9 cm³/mol. The molecule has 16 heavy (non-hydrogen) atoms. The quantitative estimate of drug-likeness (QED) is 0.795. The molecule has 1 aromatic rings. The first-order valence-electron chi connectivity index (χ1n) is 4.42. The van der Waals surface area contributed by atoms with E-state index in [1.54, 1.807) is 0 Å². The second-order valence-electron chi connectivity index (χ2n) is 3.81. The van der Waals surface area contributed by atoms with Crippen molar-refractivity contribution in [1.29, 1.82) is 0 Å². The summed E-state index contributed by atoms with van der Waals surface area (Å²) in [4.78, 5) is 15.0. The minimum Gasteiger partial charge on any atom is -0.382 e. The molecule has 0 saturated carbocycles. The monoisotopic (exact) mass is 233 g/mol. The van der Waals surface area contributed by atoms with E-state index in [-0.39, 0.29) is 0 Å². The van der Waals surface area contributed by atoms with E-state index < -0.39 is 28.7 Å². The van der Waals surface area contributed by atoms with Crippen molar-refractivity contribution in [2.45, 2.75) is 25.6 Å². The number of carbonyl (C=O) groups excluding carboxylic acids is 1. The largest absolute Gasteiger partial charge is 0.417 e. The van der Waals surface area contributed by atoms with E-state index in [1.807, 2.05) is 0 Å². The number of Topliss-reactive ketones (excluding diaryl/α,β-unsaturated/α-hetero) is 1. The maximum Gasteiger partial charge on any atom is 0.417 e. The first-order chi connectivity index (χ1) is 7.14. The van der Waals surface area contributed by atoms with E-state index in [2.05, 4.69) is 4.98 Å². The van der Waals surface area contributed by atoms with Crippen molar-refractivity contribution in [3.63, 3.8) is 0 Å². The highest BCUT2D eigenvalue weighted by atomic mass is 19.4. The summed E-state index contributed by atoms with van der Waals surface area (Å²) in [5, 5.41) is 9.39. The zero-order chi connectivity index (χ0) is 12.6. The molecular weight excluding hydrogens is 223 g/mol. The van der Waals surface area contributed by atoms with Crippen molar-refractivity contribution in [2.24, 2.45) is 0 Å². The van der Waals surface area contributed by atoms with Crippen LogP contribution in [0.2, 0.25) is 0 Å². The van der Waals surface area contributed by atoms with Crippen LogP contribution in [0.25, 0.3) is 0 Å². The lowest BCUT2D eigenvalue weighted by Gasteiger charge is -2.18. The number of aliphatic hydroxyl groups is 1. The van der Waals surface area contributed by atoms with E-state index >= 15 is 0 Å². The number of rotatable bonds is 2.